The molecule has 9 heteroatoms. The fourth-order valence-corrected chi connectivity index (χ4v) is 2.32. The highest BCUT2D eigenvalue weighted by Crippen LogP contribution is 2.37. The number of rotatable bonds is 2. The first-order valence-corrected chi connectivity index (χ1v) is 7.24. The van der Waals surface area contributed by atoms with Gasteiger partial charge in [0.2, 0.25) is 10.9 Å². The topological polar surface area (TPSA) is 120 Å². The molecule has 20 heavy (non-hydrogen) atoms. The van der Waals surface area contributed by atoms with Crippen molar-refractivity contribution in [3.05, 3.63) is 28.3 Å². The van der Waals surface area contributed by atoms with Gasteiger partial charge in [0.1, 0.15) is 11.1 Å². The van der Waals surface area contributed by atoms with Crippen molar-refractivity contribution in [2.24, 2.45) is 0 Å². The first kappa shape index (κ1) is 14.8. The van der Waals surface area contributed by atoms with Crippen molar-refractivity contribution < 1.29 is 22.1 Å². The minimum Gasteiger partial charge on any atom is -0.714 e. The van der Waals surface area contributed by atoms with Gasteiger partial charge in [0.05, 0.1) is 0 Å². The quantitative estimate of drug-likeness (QED) is 0.494. The molecule has 2 heterocycles. The van der Waals surface area contributed by atoms with Crippen LogP contribution in [0.5, 0.6) is 0 Å². The van der Waals surface area contributed by atoms with Gasteiger partial charge in [-0.25, -0.2) is 0 Å². The molecule has 0 unspecified atom stereocenters. The zero-order chi connectivity index (χ0) is 15.5. The Morgan fingerprint density at radius 1 is 1.30 bits per heavy atom. The maximum Gasteiger partial charge on any atom is 0.328 e. The Hall–Kier alpha value is -1.58. The van der Waals surface area contributed by atoms with Gasteiger partial charge in [-0.2, -0.15) is 8.42 Å². The summed E-state index contributed by atoms with van der Waals surface area (Å²) in [7, 11) is -4.53. The van der Waals surface area contributed by atoms with Gasteiger partial charge in [0.25, 0.3) is 0 Å². The van der Waals surface area contributed by atoms with Crippen LogP contribution >= 0.6 is 0 Å². The maximum absolute atomic E-state index is 12.3. The molecule has 0 bridgehead atoms. The second-order valence-electron chi connectivity index (χ2n) is 5.62. The molecule has 1 aliphatic heterocycles. The highest BCUT2D eigenvalue weighted by Gasteiger charge is 2.55. The fourth-order valence-electron chi connectivity index (χ4n) is 1.89. The molecule has 0 radical (unpaired) electrons. The summed E-state index contributed by atoms with van der Waals surface area (Å²) in [6.07, 6.45) is 0. The summed E-state index contributed by atoms with van der Waals surface area (Å²) >= 11 is 0. The van der Waals surface area contributed by atoms with Crippen LogP contribution in [0.1, 0.15) is 33.5 Å². The van der Waals surface area contributed by atoms with Gasteiger partial charge in [0, 0.05) is 0 Å². The third-order valence-corrected chi connectivity index (χ3v) is 4.68. The molecule has 1 aromatic heterocycles. The van der Waals surface area contributed by atoms with Crippen molar-refractivity contribution >= 4 is 16.0 Å². The highest BCUT2D eigenvalue weighted by atomic mass is 32.2. The van der Waals surface area contributed by atoms with E-state index < -0.39 is 26.3 Å². The average Bonchev–Trinajstić information content (AvgIpc) is 2.80. The summed E-state index contributed by atoms with van der Waals surface area (Å²) in [5, 5.41) is 24.3. The van der Waals surface area contributed by atoms with E-state index in [4.69, 9.17) is 8.97 Å². The van der Waals surface area contributed by atoms with Crippen LogP contribution in [0.3, 0.4) is 0 Å². The average molecular weight is 303 g/mol. The third-order valence-electron chi connectivity index (χ3n) is 3.95. The second-order valence-corrected chi connectivity index (χ2v) is 6.98. The van der Waals surface area contributed by atoms with Crippen LogP contribution in [0.25, 0.3) is 0 Å². The van der Waals surface area contributed by atoms with E-state index >= 15 is 0 Å². The minimum absolute atomic E-state index is 0.207. The molecular weight excluding hydrogens is 288 g/mol. The molecule has 0 atom stereocenters. The number of nitrogens with zero attached hydrogens (tertiary/aromatic N) is 2. The van der Waals surface area contributed by atoms with E-state index in [1.807, 2.05) is 0 Å². The van der Waals surface area contributed by atoms with E-state index in [9.17, 15) is 18.8 Å². The largest absolute Gasteiger partial charge is 0.714 e. The van der Waals surface area contributed by atoms with E-state index in [-0.39, 0.29) is 11.6 Å². The molecule has 0 aromatic carbocycles. The first-order chi connectivity index (χ1) is 8.90. The van der Waals surface area contributed by atoms with Gasteiger partial charge >= 0.3 is 16.0 Å². The lowest BCUT2D eigenvalue weighted by Crippen LogP contribution is -2.52. The van der Waals surface area contributed by atoms with Gasteiger partial charge in [-0.1, -0.05) is 0 Å². The monoisotopic (exact) mass is 303 g/mol. The summed E-state index contributed by atoms with van der Waals surface area (Å²) in [6, 6.07) is 2.14. The Balaban J connectivity index is 2.59. The Labute approximate surface area is 116 Å². The highest BCUT2D eigenvalue weighted by molar-refractivity contribution is 7.85. The van der Waals surface area contributed by atoms with E-state index in [2.05, 4.69) is 0 Å². The van der Waals surface area contributed by atoms with Crippen LogP contribution < -0.4 is 0 Å². The van der Waals surface area contributed by atoms with Crippen molar-refractivity contribution in [3.8, 4) is 0 Å². The molecule has 0 fully saturated rings. The predicted octanol–water partition coefficient (Wildman–Crippen LogP) is 1.15. The second kappa shape index (κ2) is 3.96. The van der Waals surface area contributed by atoms with Crippen LogP contribution in [0.4, 0.5) is 0 Å². The van der Waals surface area contributed by atoms with Crippen molar-refractivity contribution in [2.45, 2.75) is 43.9 Å². The van der Waals surface area contributed by atoms with Crippen LogP contribution in [0.2, 0.25) is 0 Å². The van der Waals surface area contributed by atoms with Gasteiger partial charge in [0.15, 0.2) is 0 Å². The smallest absolute Gasteiger partial charge is 0.328 e. The molecule has 0 saturated carbocycles. The summed E-state index contributed by atoms with van der Waals surface area (Å²) in [4.78, 5) is 0. The molecule has 1 N–H and O–H groups in total. The third kappa shape index (κ3) is 1.81. The Morgan fingerprint density at radius 3 is 2.20 bits per heavy atom. The molecule has 0 amide bonds. The number of amidine groups is 1. The summed E-state index contributed by atoms with van der Waals surface area (Å²) < 4.78 is 36.2. The Bertz CT molecular complexity index is 686. The molecular formula is C11H15N2O6S-. The Morgan fingerprint density at radius 2 is 1.85 bits per heavy atom. The lowest BCUT2D eigenvalue weighted by molar-refractivity contribution is -0.539. The number of hydrogen-bond donors (Lipinski definition) is 1. The van der Waals surface area contributed by atoms with Crippen molar-refractivity contribution in [1.29, 1.82) is 0 Å². The van der Waals surface area contributed by atoms with Crippen molar-refractivity contribution in [1.82, 2.24) is 5.06 Å². The van der Waals surface area contributed by atoms with Crippen LogP contribution in [-0.2, 0) is 10.1 Å². The summed E-state index contributed by atoms with van der Waals surface area (Å²) in [5.74, 6) is -0.531. The molecule has 2 rings (SSSR count). The summed E-state index contributed by atoms with van der Waals surface area (Å²) in [5.41, 5.74) is -2.07. The van der Waals surface area contributed by atoms with Gasteiger partial charge < -0.3 is 14.8 Å². The lowest BCUT2D eigenvalue weighted by atomic mass is 9.84. The van der Waals surface area contributed by atoms with Crippen LogP contribution in [0.15, 0.2) is 21.6 Å². The molecule has 0 aliphatic carbocycles. The molecule has 1 aromatic rings. The number of hydroxylamine groups is 3. The standard InChI is InChI=1S/C11H15N2O6S/c1-10(2)11(3,4)13(15)9(12(10)14)7-5-6-8(19-7)20(16,17)18/h5-6H,1-4H3,(H,16,17,18)/q-1. The molecule has 112 valence electrons. The maximum atomic E-state index is 12.3. The zero-order valence-corrected chi connectivity index (χ0v) is 12.3. The van der Waals surface area contributed by atoms with Crippen molar-refractivity contribution in [2.75, 3.05) is 0 Å². The SMILES string of the molecule is CC1(C)N([O-])C(c2ccc(S(=O)(=O)O)o2)=[N+]([O-])C1(C)C. The fraction of sp³-hybridized carbons (Fsp3) is 0.545. The Kier molecular flexibility index (Phi) is 2.94. The predicted molar refractivity (Wildman–Crippen MR) is 69.6 cm³/mol. The summed E-state index contributed by atoms with van der Waals surface area (Å²) in [6.45, 7) is 6.41. The minimum atomic E-state index is -4.53. The van der Waals surface area contributed by atoms with Gasteiger partial charge in [-0.05, 0) is 39.8 Å². The molecule has 0 spiro atoms. The molecule has 0 saturated heterocycles. The van der Waals surface area contributed by atoms with Crippen LogP contribution in [-0.4, -0.2) is 39.7 Å². The van der Waals surface area contributed by atoms with E-state index in [1.54, 1.807) is 27.7 Å². The van der Waals surface area contributed by atoms with E-state index in [0.717, 1.165) is 12.1 Å². The lowest BCUT2D eigenvalue weighted by Gasteiger charge is -2.38. The molecule has 8 nitrogen and oxygen atoms in total. The normalized spacial score (nSPS) is 21.6. The zero-order valence-electron chi connectivity index (χ0n) is 11.4. The number of furan rings is 1. The van der Waals surface area contributed by atoms with Gasteiger partial charge in [-0.3, -0.25) is 14.4 Å². The van der Waals surface area contributed by atoms with E-state index in [1.165, 1.54) is 0 Å². The van der Waals surface area contributed by atoms with E-state index in [0.29, 0.717) is 9.80 Å². The molecule has 1 aliphatic rings. The van der Waals surface area contributed by atoms with Crippen molar-refractivity contribution in [3.63, 3.8) is 0 Å². The van der Waals surface area contributed by atoms with Gasteiger partial charge in [-0.15, -0.1) is 0 Å². The first-order valence-electron chi connectivity index (χ1n) is 5.80. The number of hydrogen-bond acceptors (Lipinski definition) is 6. The van der Waals surface area contributed by atoms with Crippen LogP contribution in [0, 0.1) is 10.4 Å².